The molecule has 0 aliphatic heterocycles. The van der Waals surface area contributed by atoms with E-state index in [1.54, 1.807) is 7.11 Å². The van der Waals surface area contributed by atoms with Crippen LogP contribution in [0.5, 0.6) is 5.75 Å². The molecule has 1 N–H and O–H groups in total. The van der Waals surface area contributed by atoms with Crippen molar-refractivity contribution in [1.29, 1.82) is 0 Å². The van der Waals surface area contributed by atoms with Gasteiger partial charge in [0.1, 0.15) is 10.6 Å². The van der Waals surface area contributed by atoms with Gasteiger partial charge in [-0.3, -0.25) is 4.79 Å². The number of alkyl halides is 1. The van der Waals surface area contributed by atoms with Gasteiger partial charge in [0.25, 0.3) is 0 Å². The van der Waals surface area contributed by atoms with E-state index in [-0.39, 0.29) is 5.97 Å². The fraction of sp³-hybridized carbons (Fsp3) is 0.364. The van der Waals surface area contributed by atoms with Crippen LogP contribution in [-0.2, 0) is 9.53 Å². The summed E-state index contributed by atoms with van der Waals surface area (Å²) in [6.07, 6.45) is 0. The van der Waals surface area contributed by atoms with Crippen molar-refractivity contribution in [3.05, 3.63) is 21.1 Å². The first-order chi connectivity index (χ1) is 8.49. The lowest BCUT2D eigenvalue weighted by molar-refractivity contribution is -0.139. The summed E-state index contributed by atoms with van der Waals surface area (Å²) < 4.78 is 11.6. The minimum absolute atomic E-state index is 0.317. The highest BCUT2D eigenvalue weighted by atomic mass is 79.9. The van der Waals surface area contributed by atoms with Gasteiger partial charge >= 0.3 is 5.97 Å². The lowest BCUT2D eigenvalue weighted by Crippen LogP contribution is -2.24. The number of hydrogen-bond donors (Lipinski definition) is 1. The van der Waals surface area contributed by atoms with Crippen LogP contribution < -0.4 is 10.1 Å². The van der Waals surface area contributed by atoms with Gasteiger partial charge in [0.15, 0.2) is 0 Å². The molecule has 4 nitrogen and oxygen atoms in total. The topological polar surface area (TPSA) is 47.6 Å². The predicted octanol–water partition coefficient (Wildman–Crippen LogP) is 3.57. The molecule has 0 aliphatic rings. The van der Waals surface area contributed by atoms with E-state index in [1.807, 2.05) is 12.1 Å². The maximum absolute atomic E-state index is 11.2. The van der Waals surface area contributed by atoms with Crippen LogP contribution in [0.2, 0.25) is 0 Å². The summed E-state index contributed by atoms with van der Waals surface area (Å²) >= 11 is 10.1. The second-order valence-corrected chi connectivity index (χ2v) is 6.15. The van der Waals surface area contributed by atoms with Gasteiger partial charge in [0.2, 0.25) is 0 Å². The van der Waals surface area contributed by atoms with Gasteiger partial charge in [-0.05, 0) is 37.9 Å². The number of hydrogen-bond acceptors (Lipinski definition) is 4. The van der Waals surface area contributed by atoms with Gasteiger partial charge in [-0.25, -0.2) is 0 Å². The Morgan fingerprint density at radius 1 is 1.33 bits per heavy atom. The highest BCUT2D eigenvalue weighted by molar-refractivity contribution is 9.11. The number of carbonyl (C=O) groups excluding carboxylic acids is 1. The number of rotatable bonds is 5. The summed E-state index contributed by atoms with van der Waals surface area (Å²) in [5.74, 6) is 0.396. The average molecular weight is 446 g/mol. The molecule has 0 bridgehead atoms. The Balaban J connectivity index is 2.76. The third kappa shape index (κ3) is 4.13. The third-order valence-electron chi connectivity index (χ3n) is 2.17. The first-order valence-corrected chi connectivity index (χ1v) is 7.48. The standard InChI is InChI=1S/C11H12Br3NO3/c1-17-10-4-9(6(12)3-7(10)13)15-5-8(14)11(16)18-2/h3-4,8,15H,5H2,1-2H3. The average Bonchev–Trinajstić information content (AvgIpc) is 2.36. The summed E-state index contributed by atoms with van der Waals surface area (Å²) in [6.45, 7) is 0.413. The van der Waals surface area contributed by atoms with Crippen molar-refractivity contribution in [2.24, 2.45) is 0 Å². The van der Waals surface area contributed by atoms with Crippen LogP contribution in [0, 0.1) is 0 Å². The largest absolute Gasteiger partial charge is 0.495 e. The third-order valence-corrected chi connectivity index (χ3v) is 4.14. The second-order valence-electron chi connectivity index (χ2n) is 3.34. The van der Waals surface area contributed by atoms with Crippen LogP contribution in [0.25, 0.3) is 0 Å². The SMILES string of the molecule is COC(=O)C(Br)CNc1cc(OC)c(Br)cc1Br. The maximum atomic E-state index is 11.2. The molecule has 0 fully saturated rings. The maximum Gasteiger partial charge on any atom is 0.321 e. The molecule has 1 aromatic rings. The zero-order chi connectivity index (χ0) is 13.7. The van der Waals surface area contributed by atoms with Crippen LogP contribution in [0.1, 0.15) is 0 Å². The summed E-state index contributed by atoms with van der Waals surface area (Å²) in [4.78, 5) is 10.8. The first-order valence-electron chi connectivity index (χ1n) is 4.98. The monoisotopic (exact) mass is 443 g/mol. The molecule has 1 aromatic carbocycles. The van der Waals surface area contributed by atoms with E-state index in [0.29, 0.717) is 12.3 Å². The Hall–Kier alpha value is -0.270. The quantitative estimate of drug-likeness (QED) is 0.556. The van der Waals surface area contributed by atoms with Crippen LogP contribution in [0.15, 0.2) is 21.1 Å². The van der Waals surface area contributed by atoms with Crippen LogP contribution in [0.3, 0.4) is 0 Å². The van der Waals surface area contributed by atoms with E-state index in [0.717, 1.165) is 14.6 Å². The minimum atomic E-state index is -0.399. The molecule has 0 radical (unpaired) electrons. The molecule has 0 aliphatic carbocycles. The molecule has 0 amide bonds. The van der Waals surface area contributed by atoms with E-state index < -0.39 is 4.83 Å². The van der Waals surface area contributed by atoms with E-state index in [4.69, 9.17) is 4.74 Å². The van der Waals surface area contributed by atoms with E-state index >= 15 is 0 Å². The number of nitrogens with one attached hydrogen (secondary N) is 1. The molecule has 1 atom stereocenters. The van der Waals surface area contributed by atoms with Crippen molar-refractivity contribution >= 4 is 59.4 Å². The van der Waals surface area contributed by atoms with Crippen molar-refractivity contribution in [2.45, 2.75) is 4.83 Å². The van der Waals surface area contributed by atoms with Crippen molar-refractivity contribution in [3.63, 3.8) is 0 Å². The molecule has 0 saturated carbocycles. The first kappa shape index (κ1) is 15.8. The number of anilines is 1. The summed E-state index contributed by atoms with van der Waals surface area (Å²) in [6, 6.07) is 3.72. The highest BCUT2D eigenvalue weighted by Gasteiger charge is 2.15. The van der Waals surface area contributed by atoms with Gasteiger partial charge in [-0.2, -0.15) is 0 Å². The van der Waals surface area contributed by atoms with Crippen molar-refractivity contribution < 1.29 is 14.3 Å². The summed E-state index contributed by atoms with van der Waals surface area (Å²) in [7, 11) is 2.95. The number of ether oxygens (including phenoxy) is 2. The lowest BCUT2D eigenvalue weighted by Gasteiger charge is -2.13. The Kier molecular flexibility index (Phi) is 6.45. The van der Waals surface area contributed by atoms with Gasteiger partial charge in [-0.15, -0.1) is 0 Å². The smallest absolute Gasteiger partial charge is 0.321 e. The van der Waals surface area contributed by atoms with Gasteiger partial charge in [0.05, 0.1) is 24.4 Å². The minimum Gasteiger partial charge on any atom is -0.495 e. The van der Waals surface area contributed by atoms with Gasteiger partial charge in [0, 0.05) is 17.1 Å². The molecule has 0 heterocycles. The summed E-state index contributed by atoms with van der Waals surface area (Å²) in [5, 5.41) is 3.13. The van der Waals surface area contributed by atoms with Crippen molar-refractivity contribution in [2.75, 3.05) is 26.1 Å². The number of esters is 1. The molecular weight excluding hydrogens is 434 g/mol. The van der Waals surface area contributed by atoms with Crippen molar-refractivity contribution in [1.82, 2.24) is 0 Å². The fourth-order valence-electron chi connectivity index (χ4n) is 1.23. The molecule has 1 rings (SSSR count). The molecule has 18 heavy (non-hydrogen) atoms. The van der Waals surface area contributed by atoms with Crippen molar-refractivity contribution in [3.8, 4) is 5.75 Å². The molecule has 0 aromatic heterocycles. The number of carbonyl (C=O) groups is 1. The van der Waals surface area contributed by atoms with Gasteiger partial charge < -0.3 is 14.8 Å². The van der Waals surface area contributed by atoms with E-state index in [9.17, 15) is 4.79 Å². The Bertz CT molecular complexity index is 440. The zero-order valence-corrected chi connectivity index (χ0v) is 14.6. The Labute approximate surface area is 131 Å². The number of halogens is 3. The van der Waals surface area contributed by atoms with Gasteiger partial charge in [-0.1, -0.05) is 15.9 Å². The van der Waals surface area contributed by atoms with Crippen LogP contribution in [0.4, 0.5) is 5.69 Å². The molecule has 100 valence electrons. The normalized spacial score (nSPS) is 11.8. The Morgan fingerprint density at radius 2 is 2.00 bits per heavy atom. The molecule has 0 saturated heterocycles. The Morgan fingerprint density at radius 3 is 2.56 bits per heavy atom. The fourth-order valence-corrected chi connectivity index (χ4v) is 2.88. The van der Waals surface area contributed by atoms with E-state index in [2.05, 4.69) is 57.8 Å². The summed E-state index contributed by atoms with van der Waals surface area (Å²) in [5.41, 5.74) is 0.836. The zero-order valence-electron chi connectivity index (χ0n) is 9.80. The lowest BCUT2D eigenvalue weighted by atomic mass is 10.3. The van der Waals surface area contributed by atoms with E-state index in [1.165, 1.54) is 7.11 Å². The molecule has 0 spiro atoms. The highest BCUT2D eigenvalue weighted by Crippen LogP contribution is 2.34. The molecular formula is C11H12Br3NO3. The number of benzene rings is 1. The molecule has 7 heteroatoms. The second kappa shape index (κ2) is 7.35. The van der Waals surface area contributed by atoms with Crippen LogP contribution >= 0.6 is 47.8 Å². The number of methoxy groups -OCH3 is 2. The predicted molar refractivity (Wildman–Crippen MR) is 81.6 cm³/mol. The van der Waals surface area contributed by atoms with Crippen LogP contribution in [-0.4, -0.2) is 31.6 Å². The molecule has 1 unspecified atom stereocenters.